The molecule has 0 amide bonds. The second kappa shape index (κ2) is 41.2. The van der Waals surface area contributed by atoms with Gasteiger partial charge in [0.05, 0.1) is 0 Å². The lowest BCUT2D eigenvalue weighted by Crippen LogP contribution is -2.21. The van der Waals surface area contributed by atoms with Crippen LogP contribution in [0.15, 0.2) is 0 Å². The number of aliphatic carboxylic acids is 6. The van der Waals surface area contributed by atoms with Gasteiger partial charge in [-0.25, -0.2) is 0 Å². The molecule has 0 saturated carbocycles. The molecule has 0 aromatic carbocycles. The Labute approximate surface area is 182 Å². The lowest BCUT2D eigenvalue weighted by molar-refractivity contribution is -0.135. The maximum absolute atomic E-state index is 9.00. The molecule has 13 heteroatoms. The van der Waals surface area contributed by atoms with E-state index in [1.165, 1.54) is 19.6 Å². The van der Waals surface area contributed by atoms with E-state index in [1.54, 1.807) is 0 Å². The molecule has 0 saturated heterocycles. The van der Waals surface area contributed by atoms with Crippen LogP contribution in [0, 0.1) is 0 Å². The van der Waals surface area contributed by atoms with Crippen LogP contribution in [0.3, 0.4) is 0 Å². The minimum Gasteiger partial charge on any atom is -0.481 e. The molecule has 0 heterocycles. The van der Waals surface area contributed by atoms with Crippen molar-refractivity contribution in [3.63, 3.8) is 0 Å². The number of rotatable bonds is 3. The molecule has 6 N–H and O–H groups in total. The molecule has 0 aliphatic rings. The molecular formula is C18H39NO12. The standard InChI is InChI=1S/C6H15N.6C2H4O2/c1-4-7(5-2)6-3;6*1-2(3)4/h4-6H2,1-3H3;6*1H3,(H,3,4). The van der Waals surface area contributed by atoms with Crippen molar-refractivity contribution in [1.82, 2.24) is 4.90 Å². The lowest BCUT2D eigenvalue weighted by atomic mass is 10.5. The van der Waals surface area contributed by atoms with E-state index in [-0.39, 0.29) is 0 Å². The average molecular weight is 462 g/mol. The van der Waals surface area contributed by atoms with E-state index in [1.807, 2.05) is 0 Å². The quantitative estimate of drug-likeness (QED) is 0.353. The number of carboxylic acids is 6. The van der Waals surface area contributed by atoms with E-state index < -0.39 is 35.8 Å². The molecule has 0 aliphatic heterocycles. The summed E-state index contributed by atoms with van der Waals surface area (Å²) in [4.78, 5) is 56.4. The number of carbonyl (C=O) groups is 6. The Hall–Kier alpha value is -3.22. The highest BCUT2D eigenvalue weighted by atomic mass is 16.4. The number of hydrogen-bond donors (Lipinski definition) is 6. The highest BCUT2D eigenvalue weighted by Crippen LogP contribution is 1.81. The molecule has 0 aromatic rings. The Morgan fingerprint density at radius 2 is 0.484 bits per heavy atom. The number of nitrogens with zero attached hydrogens (tertiary/aromatic N) is 1. The van der Waals surface area contributed by atoms with Gasteiger partial charge in [0.2, 0.25) is 0 Å². The SMILES string of the molecule is CC(=O)O.CC(=O)O.CC(=O)O.CC(=O)O.CC(=O)O.CC(=O)O.CCN(CC)CC. The fourth-order valence-electron chi connectivity index (χ4n) is 0.671. The smallest absolute Gasteiger partial charge is 0.300 e. The van der Waals surface area contributed by atoms with E-state index in [9.17, 15) is 0 Å². The zero-order valence-electron chi connectivity index (χ0n) is 19.7. The third-order valence-corrected chi connectivity index (χ3v) is 1.34. The van der Waals surface area contributed by atoms with E-state index in [4.69, 9.17) is 59.4 Å². The van der Waals surface area contributed by atoms with Crippen molar-refractivity contribution in [2.45, 2.75) is 62.3 Å². The molecule has 0 atom stereocenters. The minimum atomic E-state index is -0.833. The van der Waals surface area contributed by atoms with Gasteiger partial charge in [0.1, 0.15) is 0 Å². The van der Waals surface area contributed by atoms with Gasteiger partial charge >= 0.3 is 0 Å². The summed E-state index contributed by atoms with van der Waals surface area (Å²) in [6, 6.07) is 0. The van der Waals surface area contributed by atoms with Crippen LogP contribution in [0.25, 0.3) is 0 Å². The molecule has 188 valence electrons. The maximum atomic E-state index is 9.00. The molecule has 0 aliphatic carbocycles. The molecule has 0 rings (SSSR count). The maximum Gasteiger partial charge on any atom is 0.300 e. The predicted octanol–water partition coefficient (Wildman–Crippen LogP) is 1.89. The second-order valence-electron chi connectivity index (χ2n) is 4.73. The fourth-order valence-corrected chi connectivity index (χ4v) is 0.671. The second-order valence-corrected chi connectivity index (χ2v) is 4.73. The normalized spacial score (nSPS) is 7.16. The van der Waals surface area contributed by atoms with Gasteiger partial charge in [0, 0.05) is 41.5 Å². The van der Waals surface area contributed by atoms with E-state index in [0.717, 1.165) is 41.5 Å². The predicted molar refractivity (Wildman–Crippen MR) is 113 cm³/mol. The Morgan fingerprint density at radius 3 is 0.484 bits per heavy atom. The largest absolute Gasteiger partial charge is 0.481 e. The van der Waals surface area contributed by atoms with Crippen LogP contribution in [0.4, 0.5) is 0 Å². The molecular weight excluding hydrogens is 422 g/mol. The molecule has 0 spiro atoms. The zero-order chi connectivity index (χ0) is 27.2. The van der Waals surface area contributed by atoms with Gasteiger partial charge in [0.15, 0.2) is 0 Å². The molecule has 13 nitrogen and oxygen atoms in total. The summed E-state index contributed by atoms with van der Waals surface area (Å²) in [5.74, 6) is -5.00. The molecule has 0 aromatic heterocycles. The molecule has 31 heavy (non-hydrogen) atoms. The Kier molecular flexibility index (Phi) is 61.3. The topological polar surface area (TPSA) is 227 Å². The Bertz CT molecular complexity index is 338. The van der Waals surface area contributed by atoms with Crippen molar-refractivity contribution in [2.24, 2.45) is 0 Å². The van der Waals surface area contributed by atoms with Crippen LogP contribution in [0.5, 0.6) is 0 Å². The summed E-state index contributed by atoms with van der Waals surface area (Å²) < 4.78 is 0. The van der Waals surface area contributed by atoms with E-state index in [0.29, 0.717) is 0 Å². The van der Waals surface area contributed by atoms with Gasteiger partial charge in [-0.1, -0.05) is 20.8 Å². The van der Waals surface area contributed by atoms with Gasteiger partial charge in [-0.2, -0.15) is 0 Å². The van der Waals surface area contributed by atoms with Gasteiger partial charge in [-0.15, -0.1) is 0 Å². The van der Waals surface area contributed by atoms with Gasteiger partial charge in [0.25, 0.3) is 35.8 Å². The highest BCUT2D eigenvalue weighted by Gasteiger charge is 1.89. The summed E-state index contributed by atoms with van der Waals surface area (Å²) in [6.45, 7) is 16.6. The van der Waals surface area contributed by atoms with E-state index in [2.05, 4.69) is 25.7 Å². The zero-order valence-corrected chi connectivity index (χ0v) is 19.7. The molecule has 0 radical (unpaired) electrons. The summed E-state index contributed by atoms with van der Waals surface area (Å²) in [5, 5.41) is 44.5. The Balaban J connectivity index is -0.0000000440. The summed E-state index contributed by atoms with van der Waals surface area (Å²) in [7, 11) is 0. The van der Waals surface area contributed by atoms with Gasteiger partial charge < -0.3 is 35.5 Å². The molecule has 0 fully saturated rings. The van der Waals surface area contributed by atoms with Crippen LogP contribution in [0.2, 0.25) is 0 Å². The van der Waals surface area contributed by atoms with Crippen molar-refractivity contribution in [2.75, 3.05) is 19.6 Å². The van der Waals surface area contributed by atoms with E-state index >= 15 is 0 Å². The van der Waals surface area contributed by atoms with Crippen molar-refractivity contribution < 1.29 is 59.4 Å². The van der Waals surface area contributed by atoms with Crippen molar-refractivity contribution in [3.8, 4) is 0 Å². The van der Waals surface area contributed by atoms with Crippen molar-refractivity contribution >= 4 is 35.8 Å². The van der Waals surface area contributed by atoms with Crippen LogP contribution < -0.4 is 0 Å². The summed E-state index contributed by atoms with van der Waals surface area (Å²) >= 11 is 0. The minimum absolute atomic E-state index is 0.833. The molecule has 0 bridgehead atoms. The summed E-state index contributed by atoms with van der Waals surface area (Å²) in [5.41, 5.74) is 0. The molecule has 0 unspecified atom stereocenters. The average Bonchev–Trinajstić information content (AvgIpc) is 2.45. The lowest BCUT2D eigenvalue weighted by Gasteiger charge is -2.13. The van der Waals surface area contributed by atoms with Crippen LogP contribution >= 0.6 is 0 Å². The van der Waals surface area contributed by atoms with Gasteiger partial charge in [-0.05, 0) is 19.6 Å². The van der Waals surface area contributed by atoms with Crippen molar-refractivity contribution in [3.05, 3.63) is 0 Å². The third kappa shape index (κ3) is 2130. The summed E-state index contributed by atoms with van der Waals surface area (Å²) in [6.07, 6.45) is 0. The first-order valence-corrected chi connectivity index (χ1v) is 8.64. The number of hydrogen-bond acceptors (Lipinski definition) is 7. The Morgan fingerprint density at radius 1 is 0.419 bits per heavy atom. The van der Waals surface area contributed by atoms with Gasteiger partial charge in [-0.3, -0.25) is 28.8 Å². The first-order chi connectivity index (χ1) is 13.7. The van der Waals surface area contributed by atoms with Crippen LogP contribution in [0.1, 0.15) is 62.3 Å². The first kappa shape index (κ1) is 46.1. The number of carboxylic acid groups (broad SMARTS) is 6. The van der Waals surface area contributed by atoms with Crippen molar-refractivity contribution in [1.29, 1.82) is 0 Å². The first-order valence-electron chi connectivity index (χ1n) is 8.64. The van der Waals surface area contributed by atoms with Crippen LogP contribution in [-0.4, -0.2) is 91.0 Å². The highest BCUT2D eigenvalue weighted by molar-refractivity contribution is 5.64. The third-order valence-electron chi connectivity index (χ3n) is 1.34. The fraction of sp³-hybridized carbons (Fsp3) is 0.667. The monoisotopic (exact) mass is 461 g/mol. The van der Waals surface area contributed by atoms with Crippen LogP contribution in [-0.2, 0) is 28.8 Å².